The van der Waals surface area contributed by atoms with E-state index >= 15 is 0 Å². The highest BCUT2D eigenvalue weighted by Crippen LogP contribution is 2.41. The number of hydrogen-bond acceptors (Lipinski definition) is 3. The Balaban J connectivity index is 0.00000243. The van der Waals surface area contributed by atoms with E-state index in [2.05, 4.69) is 55.8 Å². The number of aliphatic imine (C=N–C) groups is 1. The molecule has 0 amide bonds. The van der Waals surface area contributed by atoms with Crippen molar-refractivity contribution in [2.75, 3.05) is 13.1 Å². The Morgan fingerprint density at radius 3 is 2.69 bits per heavy atom. The summed E-state index contributed by atoms with van der Waals surface area (Å²) in [5.74, 6) is 1.74. The molecule has 3 N–H and O–H groups in total. The Bertz CT molecular complexity index is 717. The number of halogens is 2. The van der Waals surface area contributed by atoms with Gasteiger partial charge in [0.05, 0.1) is 12.8 Å². The first-order valence-corrected chi connectivity index (χ1v) is 9.35. The van der Waals surface area contributed by atoms with Gasteiger partial charge < -0.3 is 20.2 Å². The average Bonchev–Trinajstić information content (AvgIpc) is 3.10. The predicted octanol–water partition coefficient (Wildman–Crippen LogP) is 3.98. The summed E-state index contributed by atoms with van der Waals surface area (Å²) < 4.78 is 6.40. The van der Waals surface area contributed by atoms with Gasteiger partial charge in [-0.2, -0.15) is 0 Å². The molecule has 142 valence electrons. The molecule has 1 aliphatic rings. The van der Waals surface area contributed by atoms with Crippen LogP contribution in [-0.2, 0) is 5.60 Å². The summed E-state index contributed by atoms with van der Waals surface area (Å²) in [6, 6.07) is 12.4. The van der Waals surface area contributed by atoms with E-state index in [4.69, 9.17) is 4.42 Å². The predicted molar refractivity (Wildman–Crippen MR) is 118 cm³/mol. The van der Waals surface area contributed by atoms with Gasteiger partial charge >= 0.3 is 0 Å². The lowest BCUT2D eigenvalue weighted by Gasteiger charge is -2.19. The number of benzene rings is 1. The smallest absolute Gasteiger partial charge is 0.191 e. The summed E-state index contributed by atoms with van der Waals surface area (Å²) in [5.41, 5.74) is 0.208. The fourth-order valence-corrected chi connectivity index (χ4v) is 3.09. The van der Waals surface area contributed by atoms with Gasteiger partial charge in [-0.3, -0.25) is 0 Å². The van der Waals surface area contributed by atoms with Gasteiger partial charge in [0.2, 0.25) is 0 Å². The van der Waals surface area contributed by atoms with Crippen molar-refractivity contribution in [3.63, 3.8) is 0 Å². The van der Waals surface area contributed by atoms with E-state index in [1.807, 2.05) is 6.92 Å². The molecule has 1 aromatic carbocycles. The van der Waals surface area contributed by atoms with Gasteiger partial charge in [0.15, 0.2) is 5.96 Å². The lowest BCUT2D eigenvalue weighted by atomic mass is 10.0. The van der Waals surface area contributed by atoms with Crippen molar-refractivity contribution in [2.24, 2.45) is 4.99 Å². The Labute approximate surface area is 179 Å². The molecule has 1 aliphatic carbocycles. The van der Waals surface area contributed by atoms with Crippen molar-refractivity contribution in [3.05, 3.63) is 58.5 Å². The fraction of sp³-hybridized carbons (Fsp3) is 0.421. The van der Waals surface area contributed by atoms with E-state index < -0.39 is 5.60 Å². The molecule has 1 fully saturated rings. The number of furan rings is 1. The molecule has 7 heteroatoms. The molecule has 0 radical (unpaired) electrons. The van der Waals surface area contributed by atoms with Gasteiger partial charge in [-0.05, 0) is 50.1 Å². The molecular formula is C19H25BrIN3O2. The van der Waals surface area contributed by atoms with Crippen molar-refractivity contribution in [3.8, 4) is 0 Å². The maximum Gasteiger partial charge on any atom is 0.191 e. The van der Waals surface area contributed by atoms with E-state index in [-0.39, 0.29) is 30.5 Å². The molecule has 1 aromatic heterocycles. The third-order valence-corrected chi connectivity index (χ3v) is 4.88. The first-order chi connectivity index (χ1) is 12.0. The van der Waals surface area contributed by atoms with Crippen LogP contribution >= 0.6 is 39.9 Å². The van der Waals surface area contributed by atoms with Crippen LogP contribution in [0.4, 0.5) is 0 Å². The minimum Gasteiger partial charge on any atom is -0.466 e. The lowest BCUT2D eigenvalue weighted by molar-refractivity contribution is 0.0437. The highest BCUT2D eigenvalue weighted by molar-refractivity contribution is 14.0. The Hall–Kier alpha value is -1.06. The summed E-state index contributed by atoms with van der Waals surface area (Å²) in [6.45, 7) is 4.73. The molecule has 0 spiro atoms. The molecule has 2 aromatic rings. The Morgan fingerprint density at radius 1 is 1.35 bits per heavy atom. The van der Waals surface area contributed by atoms with Crippen molar-refractivity contribution in [2.45, 2.75) is 37.8 Å². The van der Waals surface area contributed by atoms with E-state index in [1.54, 1.807) is 25.3 Å². The highest BCUT2D eigenvalue weighted by Gasteiger charge is 2.39. The maximum atomic E-state index is 10.5. The lowest BCUT2D eigenvalue weighted by Crippen LogP contribution is -2.40. The van der Waals surface area contributed by atoms with Crippen LogP contribution < -0.4 is 10.6 Å². The Kier molecular flexibility index (Phi) is 7.54. The van der Waals surface area contributed by atoms with E-state index in [0.717, 1.165) is 23.4 Å². The number of aliphatic hydroxyl groups is 1. The SMILES string of the molecule is CCNC(=NCC(C)(O)c1ccco1)NC1CC1c1ccc(Br)cc1.I. The van der Waals surface area contributed by atoms with Crippen LogP contribution in [0.15, 0.2) is 56.5 Å². The molecule has 1 saturated carbocycles. The standard InChI is InChI=1S/C19H24BrN3O2.HI/c1-3-21-18(22-12-19(2,24)17-5-4-10-25-17)23-16-11-15(16)13-6-8-14(20)9-7-13;/h4-10,15-16,24H,3,11-12H2,1-2H3,(H2,21,22,23);1H. The highest BCUT2D eigenvalue weighted by atomic mass is 127. The van der Waals surface area contributed by atoms with Gasteiger partial charge in [0.25, 0.3) is 0 Å². The Morgan fingerprint density at radius 2 is 2.08 bits per heavy atom. The first kappa shape index (κ1) is 21.2. The van der Waals surface area contributed by atoms with Crippen LogP contribution in [0.5, 0.6) is 0 Å². The quantitative estimate of drug-likeness (QED) is 0.298. The van der Waals surface area contributed by atoms with Crippen LogP contribution in [0.1, 0.15) is 37.5 Å². The van der Waals surface area contributed by atoms with Gasteiger partial charge in [0.1, 0.15) is 11.4 Å². The van der Waals surface area contributed by atoms with E-state index in [9.17, 15) is 5.11 Å². The topological polar surface area (TPSA) is 69.8 Å². The zero-order chi connectivity index (χ0) is 17.9. The van der Waals surface area contributed by atoms with Crippen molar-refractivity contribution < 1.29 is 9.52 Å². The second-order valence-electron chi connectivity index (χ2n) is 6.59. The molecule has 5 nitrogen and oxygen atoms in total. The second kappa shape index (κ2) is 9.23. The number of rotatable bonds is 6. The van der Waals surface area contributed by atoms with Gasteiger partial charge in [0, 0.05) is 23.0 Å². The molecule has 26 heavy (non-hydrogen) atoms. The molecule has 3 atom stereocenters. The summed E-state index contributed by atoms with van der Waals surface area (Å²) in [6.07, 6.45) is 2.64. The van der Waals surface area contributed by atoms with E-state index in [0.29, 0.717) is 17.7 Å². The van der Waals surface area contributed by atoms with E-state index in [1.165, 1.54) is 5.56 Å². The summed E-state index contributed by atoms with van der Waals surface area (Å²) in [5, 5.41) is 17.2. The molecule has 0 saturated heterocycles. The monoisotopic (exact) mass is 533 g/mol. The molecule has 0 aliphatic heterocycles. The summed E-state index contributed by atoms with van der Waals surface area (Å²) in [4.78, 5) is 4.54. The van der Waals surface area contributed by atoms with Crippen LogP contribution in [-0.4, -0.2) is 30.2 Å². The first-order valence-electron chi connectivity index (χ1n) is 8.56. The fourth-order valence-electron chi connectivity index (χ4n) is 2.82. The second-order valence-corrected chi connectivity index (χ2v) is 7.51. The van der Waals surface area contributed by atoms with Crippen molar-refractivity contribution in [1.82, 2.24) is 10.6 Å². The third-order valence-electron chi connectivity index (χ3n) is 4.35. The summed E-state index contributed by atoms with van der Waals surface area (Å²) >= 11 is 3.47. The minimum atomic E-state index is -1.12. The van der Waals surface area contributed by atoms with Gasteiger partial charge in [-0.1, -0.05) is 28.1 Å². The van der Waals surface area contributed by atoms with Crippen LogP contribution in [0.2, 0.25) is 0 Å². The third kappa shape index (κ3) is 5.47. The molecular weight excluding hydrogens is 509 g/mol. The van der Waals surface area contributed by atoms with Gasteiger partial charge in [-0.15, -0.1) is 24.0 Å². The van der Waals surface area contributed by atoms with Crippen molar-refractivity contribution in [1.29, 1.82) is 0 Å². The number of guanidine groups is 1. The summed E-state index contributed by atoms with van der Waals surface area (Å²) in [7, 11) is 0. The maximum absolute atomic E-state index is 10.5. The van der Waals surface area contributed by atoms with Crippen LogP contribution in [0, 0.1) is 0 Å². The van der Waals surface area contributed by atoms with Crippen LogP contribution in [0.3, 0.4) is 0 Å². The van der Waals surface area contributed by atoms with Crippen molar-refractivity contribution >= 4 is 45.9 Å². The average molecular weight is 534 g/mol. The minimum absolute atomic E-state index is 0. The van der Waals surface area contributed by atoms with Gasteiger partial charge in [-0.25, -0.2) is 4.99 Å². The normalized spacial score (nSPS) is 21.5. The number of nitrogens with zero attached hydrogens (tertiary/aromatic N) is 1. The molecule has 3 rings (SSSR count). The number of nitrogens with one attached hydrogen (secondary N) is 2. The zero-order valence-corrected chi connectivity index (χ0v) is 18.8. The van der Waals surface area contributed by atoms with Crippen LogP contribution in [0.25, 0.3) is 0 Å². The molecule has 1 heterocycles. The molecule has 0 bridgehead atoms. The molecule has 3 unspecified atom stereocenters. The number of hydrogen-bond donors (Lipinski definition) is 3. The zero-order valence-electron chi connectivity index (χ0n) is 14.9. The largest absolute Gasteiger partial charge is 0.466 e.